The van der Waals surface area contributed by atoms with Gasteiger partial charge in [-0.25, -0.2) is 0 Å². The fourth-order valence-electron chi connectivity index (χ4n) is 3.37. The predicted molar refractivity (Wildman–Crippen MR) is 109 cm³/mol. The van der Waals surface area contributed by atoms with Gasteiger partial charge in [0.25, 0.3) is 0 Å². The highest BCUT2D eigenvalue weighted by Crippen LogP contribution is 2.27. The molecule has 1 fully saturated rings. The first-order valence-corrected chi connectivity index (χ1v) is 9.18. The summed E-state index contributed by atoms with van der Waals surface area (Å²) in [4.78, 5) is 2.36. The third-order valence-corrected chi connectivity index (χ3v) is 4.97. The lowest BCUT2D eigenvalue weighted by atomic mass is 9.87. The van der Waals surface area contributed by atoms with E-state index in [9.17, 15) is 5.11 Å². The second-order valence-electron chi connectivity index (χ2n) is 7.97. The number of rotatable bonds is 5. The summed E-state index contributed by atoms with van der Waals surface area (Å²) < 4.78 is 5.96. The lowest BCUT2D eigenvalue weighted by Gasteiger charge is -2.22. The Morgan fingerprint density at radius 1 is 1.00 bits per heavy atom. The highest BCUT2D eigenvalue weighted by Gasteiger charge is 2.23. The van der Waals surface area contributed by atoms with Crippen LogP contribution in [-0.4, -0.2) is 29.2 Å². The van der Waals surface area contributed by atoms with Gasteiger partial charge in [0.1, 0.15) is 11.5 Å². The van der Waals surface area contributed by atoms with Crippen LogP contribution in [0.4, 0.5) is 0 Å². The first-order valence-electron chi connectivity index (χ1n) is 9.18. The molecule has 1 atom stereocenters. The molecular formula is C22H30ClNO2. The van der Waals surface area contributed by atoms with Crippen molar-refractivity contribution in [2.24, 2.45) is 0 Å². The van der Waals surface area contributed by atoms with Gasteiger partial charge < -0.3 is 9.84 Å². The Bertz CT molecular complexity index is 677. The van der Waals surface area contributed by atoms with E-state index in [1.807, 2.05) is 24.3 Å². The molecule has 1 aliphatic heterocycles. The van der Waals surface area contributed by atoms with Crippen molar-refractivity contribution in [1.29, 1.82) is 0 Å². The molecular weight excluding hydrogens is 346 g/mol. The third kappa shape index (κ3) is 5.23. The lowest BCUT2D eigenvalue weighted by Crippen LogP contribution is -2.31. The van der Waals surface area contributed by atoms with Gasteiger partial charge in [-0.1, -0.05) is 45.0 Å². The quantitative estimate of drug-likeness (QED) is 0.783. The summed E-state index contributed by atoms with van der Waals surface area (Å²) in [6.07, 6.45) is 2.28. The Balaban J connectivity index is 0.00000243. The molecule has 0 aliphatic carbocycles. The summed E-state index contributed by atoms with van der Waals surface area (Å²) in [6, 6.07) is 16.9. The van der Waals surface area contributed by atoms with Gasteiger partial charge in [-0.2, -0.15) is 0 Å². The lowest BCUT2D eigenvalue weighted by molar-refractivity contribution is 0.153. The molecule has 0 amide bonds. The first kappa shape index (κ1) is 20.8. The maximum atomic E-state index is 9.43. The highest BCUT2D eigenvalue weighted by molar-refractivity contribution is 5.85. The maximum absolute atomic E-state index is 9.43. The smallest absolute Gasteiger partial charge is 0.127 e. The average Bonchev–Trinajstić information content (AvgIpc) is 3.03. The SMILES string of the molecule is CC(C)(C)c1ccc(Oc2ccc(CN3CCC[C@@H]3CO)cc2)cc1.Cl. The van der Waals surface area contributed by atoms with Crippen LogP contribution in [0.2, 0.25) is 0 Å². The van der Waals surface area contributed by atoms with Crippen molar-refractivity contribution in [1.82, 2.24) is 4.90 Å². The zero-order chi connectivity index (χ0) is 17.9. The van der Waals surface area contributed by atoms with Gasteiger partial charge in [0.05, 0.1) is 6.61 Å². The molecule has 26 heavy (non-hydrogen) atoms. The van der Waals surface area contributed by atoms with Crippen molar-refractivity contribution >= 4 is 12.4 Å². The van der Waals surface area contributed by atoms with Crippen molar-refractivity contribution in [3.05, 3.63) is 59.7 Å². The zero-order valence-corrected chi connectivity index (χ0v) is 16.8. The number of hydrogen-bond donors (Lipinski definition) is 1. The number of aliphatic hydroxyl groups is 1. The minimum Gasteiger partial charge on any atom is -0.457 e. The number of benzene rings is 2. The molecule has 3 nitrogen and oxygen atoms in total. The summed E-state index contributed by atoms with van der Waals surface area (Å²) >= 11 is 0. The Labute approximate surface area is 163 Å². The van der Waals surface area contributed by atoms with Crippen LogP contribution in [0.25, 0.3) is 0 Å². The van der Waals surface area contributed by atoms with Crippen LogP contribution in [-0.2, 0) is 12.0 Å². The fourth-order valence-corrected chi connectivity index (χ4v) is 3.37. The topological polar surface area (TPSA) is 32.7 Å². The van der Waals surface area contributed by atoms with Gasteiger partial charge in [0.15, 0.2) is 0 Å². The molecule has 0 saturated carbocycles. The van der Waals surface area contributed by atoms with Crippen LogP contribution in [0.15, 0.2) is 48.5 Å². The minimum absolute atomic E-state index is 0. The Morgan fingerprint density at radius 2 is 1.58 bits per heavy atom. The number of hydrogen-bond acceptors (Lipinski definition) is 3. The van der Waals surface area contributed by atoms with Crippen molar-refractivity contribution in [2.75, 3.05) is 13.2 Å². The number of aliphatic hydroxyl groups excluding tert-OH is 1. The van der Waals surface area contributed by atoms with Gasteiger partial charge in [0.2, 0.25) is 0 Å². The van der Waals surface area contributed by atoms with Crippen molar-refractivity contribution in [3.63, 3.8) is 0 Å². The van der Waals surface area contributed by atoms with Crippen LogP contribution in [0.5, 0.6) is 11.5 Å². The van der Waals surface area contributed by atoms with E-state index in [4.69, 9.17) is 4.74 Å². The monoisotopic (exact) mass is 375 g/mol. The van der Waals surface area contributed by atoms with E-state index in [2.05, 4.69) is 49.9 Å². The van der Waals surface area contributed by atoms with Crippen molar-refractivity contribution in [2.45, 2.75) is 51.6 Å². The summed E-state index contributed by atoms with van der Waals surface area (Å²) in [5.74, 6) is 1.72. The van der Waals surface area contributed by atoms with Crippen LogP contribution in [0.1, 0.15) is 44.7 Å². The molecule has 0 bridgehead atoms. The largest absolute Gasteiger partial charge is 0.457 e. The number of nitrogens with zero attached hydrogens (tertiary/aromatic N) is 1. The van der Waals surface area contributed by atoms with E-state index in [1.165, 1.54) is 17.5 Å². The van der Waals surface area contributed by atoms with Crippen molar-refractivity contribution in [3.8, 4) is 11.5 Å². The summed E-state index contributed by atoms with van der Waals surface area (Å²) in [5, 5.41) is 9.43. The molecule has 0 unspecified atom stereocenters. The molecule has 0 spiro atoms. The van der Waals surface area contributed by atoms with Gasteiger partial charge in [-0.3, -0.25) is 4.90 Å². The zero-order valence-electron chi connectivity index (χ0n) is 15.9. The number of halogens is 1. The molecule has 1 saturated heterocycles. The van der Waals surface area contributed by atoms with Gasteiger partial charge in [-0.15, -0.1) is 12.4 Å². The van der Waals surface area contributed by atoms with E-state index in [0.29, 0.717) is 6.04 Å². The molecule has 1 aliphatic rings. The van der Waals surface area contributed by atoms with E-state index >= 15 is 0 Å². The number of ether oxygens (including phenoxy) is 1. The Hall–Kier alpha value is -1.55. The molecule has 4 heteroatoms. The summed E-state index contributed by atoms with van der Waals surface area (Å²) in [7, 11) is 0. The van der Waals surface area contributed by atoms with Crippen LogP contribution < -0.4 is 4.74 Å². The fraction of sp³-hybridized carbons (Fsp3) is 0.455. The maximum Gasteiger partial charge on any atom is 0.127 e. The van der Waals surface area contributed by atoms with Crippen LogP contribution >= 0.6 is 12.4 Å². The molecule has 1 heterocycles. The van der Waals surface area contributed by atoms with Gasteiger partial charge in [-0.05, 0) is 60.2 Å². The standard InChI is InChI=1S/C22H29NO2.ClH/c1-22(2,3)18-8-12-21(13-9-18)25-20-10-6-17(7-11-20)15-23-14-4-5-19(23)16-24;/h6-13,19,24H,4-5,14-16H2,1-3H3;1H/t19-;/m1./s1. The van der Waals surface area contributed by atoms with E-state index < -0.39 is 0 Å². The third-order valence-electron chi connectivity index (χ3n) is 4.97. The molecule has 0 aromatic heterocycles. The molecule has 2 aromatic rings. The van der Waals surface area contributed by atoms with Crippen LogP contribution in [0.3, 0.4) is 0 Å². The van der Waals surface area contributed by atoms with E-state index in [-0.39, 0.29) is 24.4 Å². The molecule has 2 aromatic carbocycles. The Morgan fingerprint density at radius 3 is 2.12 bits per heavy atom. The Kier molecular flexibility index (Phi) is 7.10. The number of likely N-dealkylation sites (tertiary alicyclic amines) is 1. The van der Waals surface area contributed by atoms with E-state index in [1.54, 1.807) is 0 Å². The van der Waals surface area contributed by atoms with Crippen molar-refractivity contribution < 1.29 is 9.84 Å². The normalized spacial score (nSPS) is 17.8. The van der Waals surface area contributed by atoms with Gasteiger partial charge in [0, 0.05) is 12.6 Å². The van der Waals surface area contributed by atoms with Gasteiger partial charge >= 0.3 is 0 Å². The average molecular weight is 376 g/mol. The molecule has 0 radical (unpaired) electrons. The molecule has 1 N–H and O–H groups in total. The molecule has 3 rings (SSSR count). The minimum atomic E-state index is 0. The second-order valence-corrected chi connectivity index (χ2v) is 7.97. The summed E-state index contributed by atoms with van der Waals surface area (Å²) in [6.45, 7) is 8.86. The second kappa shape index (κ2) is 8.90. The van der Waals surface area contributed by atoms with Crippen LogP contribution in [0, 0.1) is 0 Å². The highest BCUT2D eigenvalue weighted by atomic mass is 35.5. The summed E-state index contributed by atoms with van der Waals surface area (Å²) in [5.41, 5.74) is 2.72. The first-order chi connectivity index (χ1) is 12.0. The molecule has 142 valence electrons. The van der Waals surface area contributed by atoms with E-state index in [0.717, 1.165) is 31.0 Å². The predicted octanol–water partition coefficient (Wildman–Crippen LogP) is 5.15.